The molecular formula is C46H77N3O12. The van der Waals surface area contributed by atoms with Crippen molar-refractivity contribution in [1.82, 2.24) is 9.80 Å². The highest BCUT2D eigenvalue weighted by Gasteiger charge is 2.56. The van der Waals surface area contributed by atoms with Crippen molar-refractivity contribution in [2.24, 2.45) is 22.7 Å². The van der Waals surface area contributed by atoms with Crippen LogP contribution < -0.4 is 0 Å². The molecule has 15 heteroatoms. The zero-order valence-electron chi connectivity index (χ0n) is 39.1. The van der Waals surface area contributed by atoms with Gasteiger partial charge in [0, 0.05) is 39.1 Å². The summed E-state index contributed by atoms with van der Waals surface area (Å²) in [5.74, 6) is -2.24. The lowest BCUT2D eigenvalue weighted by molar-refractivity contribution is -0.319. The molecule has 15 nitrogen and oxygen atoms in total. The highest BCUT2D eigenvalue weighted by molar-refractivity contribution is 5.77. The Morgan fingerprint density at radius 3 is 2.18 bits per heavy atom. The Hall–Kier alpha value is -2.44. The van der Waals surface area contributed by atoms with Gasteiger partial charge in [-0.1, -0.05) is 51.1 Å². The molecule has 61 heavy (non-hydrogen) atoms. The minimum Gasteiger partial charge on any atom is -0.459 e. The Balaban J connectivity index is 1.62. The summed E-state index contributed by atoms with van der Waals surface area (Å²) in [5.41, 5.74) is -2.67. The largest absolute Gasteiger partial charge is 0.459 e. The summed E-state index contributed by atoms with van der Waals surface area (Å²) in [7, 11) is 7.04. The predicted octanol–water partition coefficient (Wildman–Crippen LogP) is 4.52. The number of nitrogens with zero attached hydrogens (tertiary/aromatic N) is 3. The second-order valence-corrected chi connectivity index (χ2v) is 19.2. The summed E-state index contributed by atoms with van der Waals surface area (Å²) in [4.78, 5) is 23.7. The fourth-order valence-corrected chi connectivity index (χ4v) is 10.2. The Morgan fingerprint density at radius 1 is 0.918 bits per heavy atom. The number of aliphatic hydroxyl groups excluding tert-OH is 2. The quantitative estimate of drug-likeness (QED) is 0.281. The van der Waals surface area contributed by atoms with Gasteiger partial charge >= 0.3 is 5.97 Å². The SMILES string of the molecule is CC[C@H]1OC(=O)[C@H](C)[C@@H](O[C@@H]2C[C@@](C)(OC)[C@@H](O)[C@H](C)O2)[C@H](C)[C@@H](O[C@@H]2O[C@H](C)C[C@H](N(C)C)[C@H]2O)[C@](C)(OC)C[C@@H](C)CN2C(=NCc3ccccc3)O[C@H]([C@H]2C)[C@]1(C)O. The molecule has 4 heterocycles. The normalized spacial score (nSPS) is 45.0. The van der Waals surface area contributed by atoms with E-state index in [2.05, 4.69) is 11.8 Å². The monoisotopic (exact) mass is 864 g/mol. The van der Waals surface area contributed by atoms with Crippen LogP contribution in [0.2, 0.25) is 0 Å². The minimum absolute atomic E-state index is 0.0706. The number of fused-ring (bicyclic) bond motifs is 2. The summed E-state index contributed by atoms with van der Waals surface area (Å²) in [6.07, 6.45) is -6.74. The maximum atomic E-state index is 14.7. The van der Waals surface area contributed by atoms with E-state index in [9.17, 15) is 20.1 Å². The molecule has 348 valence electrons. The smallest absolute Gasteiger partial charge is 0.311 e. The van der Waals surface area contributed by atoms with Crippen molar-refractivity contribution >= 4 is 12.0 Å². The van der Waals surface area contributed by atoms with Gasteiger partial charge in [-0.25, -0.2) is 4.99 Å². The van der Waals surface area contributed by atoms with Crippen LogP contribution in [0.1, 0.15) is 100 Å². The summed E-state index contributed by atoms with van der Waals surface area (Å²) in [5, 5.41) is 35.3. The lowest BCUT2D eigenvalue weighted by Crippen LogP contribution is -2.61. The number of rotatable bonds is 10. The second kappa shape index (κ2) is 20.2. The third kappa shape index (κ3) is 10.8. The van der Waals surface area contributed by atoms with Crippen LogP contribution in [-0.2, 0) is 49.2 Å². The standard InChI is InChI=1S/C46H77N3O12/c1-15-34-46(10,53)40-30(6)49(43(61-40)47-24-32-19-17-16-18-20-32)25-26(2)22-45(9,55-14)39(60-42-36(50)33(48(11)12)21-27(3)56-42)28(4)37(29(5)41(52)58-34)59-35-23-44(8,54-13)38(51)31(7)57-35/h16-20,26-31,33-40,42,50-51,53H,15,21-25H2,1-14H3/t26-,27-,28+,29-,30-,31+,33+,34-,35-,36-,37+,38+,39-,40-,42+,44-,45-,46-/m1/s1. The van der Waals surface area contributed by atoms with Crippen LogP contribution in [0.4, 0.5) is 0 Å². The molecule has 1 aromatic carbocycles. The Morgan fingerprint density at radius 2 is 1.57 bits per heavy atom. The predicted molar refractivity (Wildman–Crippen MR) is 229 cm³/mol. The maximum Gasteiger partial charge on any atom is 0.311 e. The minimum atomic E-state index is -1.63. The molecule has 0 saturated carbocycles. The molecule has 0 amide bonds. The maximum absolute atomic E-state index is 14.7. The van der Waals surface area contributed by atoms with E-state index in [1.54, 1.807) is 35.0 Å². The van der Waals surface area contributed by atoms with Gasteiger partial charge in [0.25, 0.3) is 6.02 Å². The zero-order valence-corrected chi connectivity index (χ0v) is 39.1. The first-order valence-electron chi connectivity index (χ1n) is 22.3. The first-order valence-corrected chi connectivity index (χ1v) is 22.3. The number of carbonyl (C=O) groups excluding carboxylic acids is 1. The van der Waals surface area contributed by atoms with Crippen LogP contribution in [0.25, 0.3) is 0 Å². The van der Waals surface area contributed by atoms with E-state index in [1.807, 2.05) is 90.9 Å². The van der Waals surface area contributed by atoms with Gasteiger partial charge in [-0.2, -0.15) is 0 Å². The Bertz CT molecular complexity index is 1600. The third-order valence-electron chi connectivity index (χ3n) is 14.0. The number of ether oxygens (including phenoxy) is 8. The number of aliphatic imine (C=N–C) groups is 1. The number of hydrogen-bond donors (Lipinski definition) is 3. The van der Waals surface area contributed by atoms with E-state index in [1.165, 1.54) is 0 Å². The molecule has 0 aromatic heterocycles. The molecule has 4 saturated heterocycles. The molecule has 1 aromatic rings. The van der Waals surface area contributed by atoms with Gasteiger partial charge < -0.3 is 63.0 Å². The molecule has 5 rings (SSSR count). The lowest BCUT2D eigenvalue weighted by atomic mass is 9.77. The van der Waals surface area contributed by atoms with Gasteiger partial charge in [0.15, 0.2) is 18.7 Å². The molecular weight excluding hydrogens is 787 g/mol. The van der Waals surface area contributed by atoms with Crippen molar-refractivity contribution in [3.63, 3.8) is 0 Å². The van der Waals surface area contributed by atoms with Gasteiger partial charge in [0.05, 0.1) is 54.1 Å². The molecule has 0 spiro atoms. The van der Waals surface area contributed by atoms with Crippen LogP contribution in [0.3, 0.4) is 0 Å². The van der Waals surface area contributed by atoms with Gasteiger partial charge in [-0.05, 0) is 93.3 Å². The van der Waals surface area contributed by atoms with Crippen LogP contribution in [-0.4, -0.2) is 162 Å². The molecule has 4 fully saturated rings. The van der Waals surface area contributed by atoms with E-state index in [0.29, 0.717) is 38.4 Å². The molecule has 0 radical (unpaired) electrons. The number of amidine groups is 1. The number of esters is 1. The van der Waals surface area contributed by atoms with Gasteiger partial charge in [-0.3, -0.25) is 4.79 Å². The first-order chi connectivity index (χ1) is 28.6. The number of hydrogen-bond acceptors (Lipinski definition) is 14. The van der Waals surface area contributed by atoms with Gasteiger partial charge in [-0.15, -0.1) is 0 Å². The van der Waals surface area contributed by atoms with Crippen molar-refractivity contribution in [2.45, 2.75) is 192 Å². The van der Waals surface area contributed by atoms with Crippen molar-refractivity contribution in [3.05, 3.63) is 35.9 Å². The summed E-state index contributed by atoms with van der Waals surface area (Å²) >= 11 is 0. The van der Waals surface area contributed by atoms with Crippen LogP contribution in [0.5, 0.6) is 0 Å². The van der Waals surface area contributed by atoms with E-state index >= 15 is 0 Å². The lowest BCUT2D eigenvalue weighted by Gasteiger charge is -2.49. The van der Waals surface area contributed by atoms with Crippen LogP contribution >= 0.6 is 0 Å². The third-order valence-corrected chi connectivity index (χ3v) is 14.0. The van der Waals surface area contributed by atoms with Crippen molar-refractivity contribution in [2.75, 3.05) is 34.9 Å². The van der Waals surface area contributed by atoms with Crippen molar-refractivity contribution in [1.29, 1.82) is 0 Å². The van der Waals surface area contributed by atoms with Gasteiger partial charge in [0.2, 0.25) is 0 Å². The molecule has 3 N–H and O–H groups in total. The number of aliphatic hydroxyl groups is 3. The molecule has 4 aliphatic rings. The first kappa shape index (κ1) is 49.6. The molecule has 0 aliphatic carbocycles. The Labute approximate surface area is 364 Å². The highest BCUT2D eigenvalue weighted by atomic mass is 16.7. The summed E-state index contributed by atoms with van der Waals surface area (Å²) < 4.78 is 51.9. The molecule has 0 unspecified atom stereocenters. The topological polar surface area (TPSA) is 170 Å². The van der Waals surface area contributed by atoms with Crippen molar-refractivity contribution in [3.8, 4) is 0 Å². The summed E-state index contributed by atoms with van der Waals surface area (Å²) in [6.45, 7) is 19.7. The number of carbonyl (C=O) groups is 1. The highest BCUT2D eigenvalue weighted by Crippen LogP contribution is 2.42. The van der Waals surface area contributed by atoms with Gasteiger partial charge in [0.1, 0.15) is 23.9 Å². The van der Waals surface area contributed by atoms with E-state index in [0.717, 1.165) is 5.56 Å². The van der Waals surface area contributed by atoms with Crippen molar-refractivity contribution < 1.29 is 58.0 Å². The number of methoxy groups -OCH3 is 2. The van der Waals surface area contributed by atoms with E-state index < -0.39 is 89.9 Å². The fraction of sp³-hybridized carbons (Fsp3) is 0.826. The Kier molecular flexibility index (Phi) is 16.4. The second-order valence-electron chi connectivity index (χ2n) is 19.2. The molecule has 18 atom stereocenters. The molecule has 2 bridgehead atoms. The zero-order chi connectivity index (χ0) is 45.2. The average molecular weight is 864 g/mol. The summed E-state index contributed by atoms with van der Waals surface area (Å²) in [6, 6.07) is 9.71. The van der Waals surface area contributed by atoms with Crippen LogP contribution in [0.15, 0.2) is 35.3 Å². The number of likely N-dealkylation sites (N-methyl/N-ethyl adjacent to an activating group) is 1. The van der Waals surface area contributed by atoms with E-state index in [4.69, 9.17) is 42.9 Å². The molecule has 4 aliphatic heterocycles. The number of benzene rings is 1. The number of cyclic esters (lactones) is 1. The van der Waals surface area contributed by atoms with E-state index in [-0.39, 0.29) is 30.5 Å². The fourth-order valence-electron chi connectivity index (χ4n) is 10.2. The van der Waals surface area contributed by atoms with Crippen LogP contribution in [0, 0.1) is 17.8 Å². The average Bonchev–Trinajstić information content (AvgIpc) is 3.53.